The molecule has 1 amide bonds. The summed E-state index contributed by atoms with van der Waals surface area (Å²) in [5.41, 5.74) is 4.59. The highest BCUT2D eigenvalue weighted by Crippen LogP contribution is 2.47. The second kappa shape index (κ2) is 7.41. The van der Waals surface area contributed by atoms with Crippen molar-refractivity contribution in [1.29, 1.82) is 0 Å². The second-order valence-corrected chi connectivity index (χ2v) is 9.16. The van der Waals surface area contributed by atoms with E-state index in [0.717, 1.165) is 18.4 Å². The van der Waals surface area contributed by atoms with Crippen molar-refractivity contribution in [2.45, 2.75) is 49.3 Å². The van der Waals surface area contributed by atoms with Gasteiger partial charge in [-0.2, -0.15) is 0 Å². The number of piperidine rings is 1. The number of amides is 1. The fourth-order valence-corrected chi connectivity index (χ4v) is 5.97. The van der Waals surface area contributed by atoms with Crippen LogP contribution in [0, 0.1) is 0 Å². The van der Waals surface area contributed by atoms with Crippen LogP contribution in [0.5, 0.6) is 0 Å². The number of carbonyl (C=O) groups excluding carboxylic acids is 1. The zero-order chi connectivity index (χ0) is 21.7. The summed E-state index contributed by atoms with van der Waals surface area (Å²) in [4.78, 5) is 23.2. The van der Waals surface area contributed by atoms with Crippen molar-refractivity contribution in [3.05, 3.63) is 83.9 Å². The lowest BCUT2D eigenvalue weighted by Gasteiger charge is -2.43. The maximum Gasteiger partial charge on any atom is 0.410 e. The van der Waals surface area contributed by atoms with Crippen molar-refractivity contribution in [3.63, 3.8) is 0 Å². The molecule has 6 nitrogen and oxygen atoms in total. The predicted molar refractivity (Wildman–Crippen MR) is 119 cm³/mol. The van der Waals surface area contributed by atoms with Crippen LogP contribution in [0.1, 0.15) is 48.3 Å². The zero-order valence-electron chi connectivity index (χ0n) is 17.7. The number of benzene rings is 2. The van der Waals surface area contributed by atoms with Gasteiger partial charge in [-0.05, 0) is 35.1 Å². The number of carbonyl (C=O) groups is 1. The van der Waals surface area contributed by atoms with Crippen molar-refractivity contribution in [1.82, 2.24) is 14.9 Å². The van der Waals surface area contributed by atoms with Gasteiger partial charge in [-0.15, -0.1) is 0 Å². The molecule has 0 saturated carbocycles. The van der Waals surface area contributed by atoms with Gasteiger partial charge in [0.15, 0.2) is 0 Å². The Hall–Kier alpha value is -3.25. The van der Waals surface area contributed by atoms with Crippen LogP contribution in [-0.4, -0.2) is 44.8 Å². The molecule has 2 unspecified atom stereocenters. The standard InChI is InChI=1S/C26H25N3O3/c30-25(29-18-9-10-19(29)12-26(31,11-18)17-13-27-16-28-14-17)32-15-24-22-7-3-1-5-20(22)21-6-2-4-8-23(21)24/h1-8,13-14,16,18-19,24,31H,9-12,15H2. The molecule has 3 aliphatic rings. The third-order valence-electron chi connectivity index (χ3n) is 7.41. The Balaban J connectivity index is 1.19. The molecule has 6 heteroatoms. The number of rotatable bonds is 3. The molecule has 0 spiro atoms. The monoisotopic (exact) mass is 427 g/mol. The molecule has 2 aromatic carbocycles. The molecule has 2 fully saturated rings. The summed E-state index contributed by atoms with van der Waals surface area (Å²) in [7, 11) is 0. The quantitative estimate of drug-likeness (QED) is 0.677. The summed E-state index contributed by atoms with van der Waals surface area (Å²) >= 11 is 0. The molecule has 2 saturated heterocycles. The Morgan fingerprint density at radius 2 is 1.53 bits per heavy atom. The van der Waals surface area contributed by atoms with Crippen molar-refractivity contribution in [3.8, 4) is 11.1 Å². The number of hydrogen-bond acceptors (Lipinski definition) is 5. The van der Waals surface area contributed by atoms with Crippen molar-refractivity contribution in [2.24, 2.45) is 0 Å². The summed E-state index contributed by atoms with van der Waals surface area (Å²) in [5.74, 6) is 0.0483. The molecule has 3 heterocycles. The van der Waals surface area contributed by atoms with Gasteiger partial charge in [-0.1, -0.05) is 48.5 Å². The molecule has 3 aromatic rings. The van der Waals surface area contributed by atoms with E-state index >= 15 is 0 Å². The third kappa shape index (κ3) is 3.01. The van der Waals surface area contributed by atoms with Gasteiger partial charge in [0.1, 0.15) is 12.9 Å². The van der Waals surface area contributed by atoms with Crippen molar-refractivity contribution >= 4 is 6.09 Å². The smallest absolute Gasteiger partial charge is 0.410 e. The highest BCUT2D eigenvalue weighted by molar-refractivity contribution is 5.79. The van der Waals surface area contributed by atoms with Crippen LogP contribution in [0.2, 0.25) is 0 Å². The van der Waals surface area contributed by atoms with Gasteiger partial charge in [0, 0.05) is 48.8 Å². The first kappa shape index (κ1) is 19.4. The van der Waals surface area contributed by atoms with Gasteiger partial charge in [-0.3, -0.25) is 0 Å². The Labute approximate surface area is 186 Å². The molecular weight excluding hydrogens is 402 g/mol. The number of aromatic nitrogens is 2. The summed E-state index contributed by atoms with van der Waals surface area (Å²) in [6.07, 6.45) is 7.28. The van der Waals surface area contributed by atoms with Gasteiger partial charge in [0.25, 0.3) is 0 Å². The van der Waals surface area contributed by atoms with Crippen LogP contribution < -0.4 is 0 Å². The Bertz CT molecular complexity index is 1110. The second-order valence-electron chi connectivity index (χ2n) is 9.16. The fourth-order valence-electron chi connectivity index (χ4n) is 5.97. The van der Waals surface area contributed by atoms with Crippen LogP contribution in [0.3, 0.4) is 0 Å². The maximum absolute atomic E-state index is 13.2. The molecule has 6 rings (SSSR count). The minimum Gasteiger partial charge on any atom is -0.448 e. The highest BCUT2D eigenvalue weighted by atomic mass is 16.6. The Kier molecular flexibility index (Phi) is 4.50. The van der Waals surface area contributed by atoms with E-state index in [1.54, 1.807) is 12.4 Å². The largest absolute Gasteiger partial charge is 0.448 e. The normalized spacial score (nSPS) is 26.0. The van der Waals surface area contributed by atoms with Crippen molar-refractivity contribution in [2.75, 3.05) is 6.61 Å². The van der Waals surface area contributed by atoms with E-state index in [-0.39, 0.29) is 24.1 Å². The highest BCUT2D eigenvalue weighted by Gasteiger charge is 2.51. The van der Waals surface area contributed by atoms with E-state index in [2.05, 4.69) is 34.2 Å². The minimum absolute atomic E-state index is 0.0328. The Morgan fingerprint density at radius 1 is 0.969 bits per heavy atom. The van der Waals surface area contributed by atoms with Crippen LogP contribution in [0.15, 0.2) is 67.3 Å². The summed E-state index contributed by atoms with van der Waals surface area (Å²) in [5, 5.41) is 11.3. The SMILES string of the molecule is O=C(OCC1c2ccccc2-c2ccccc21)N1C2CCC1CC(O)(c1cncnc1)C2. The first-order valence-electron chi connectivity index (χ1n) is 11.3. The first-order chi connectivity index (χ1) is 15.6. The van der Waals surface area contributed by atoms with Gasteiger partial charge in [0.2, 0.25) is 0 Å². The lowest BCUT2D eigenvalue weighted by Crippen LogP contribution is -2.52. The van der Waals surface area contributed by atoms with Crippen LogP contribution in [0.25, 0.3) is 11.1 Å². The third-order valence-corrected chi connectivity index (χ3v) is 7.41. The maximum atomic E-state index is 13.2. The van der Waals surface area contributed by atoms with Crippen molar-refractivity contribution < 1.29 is 14.6 Å². The topological polar surface area (TPSA) is 75.5 Å². The zero-order valence-corrected chi connectivity index (χ0v) is 17.7. The van der Waals surface area contributed by atoms with Gasteiger partial charge in [0.05, 0.1) is 5.60 Å². The molecule has 1 N–H and O–H groups in total. The average molecular weight is 428 g/mol. The van der Waals surface area contributed by atoms with Crippen LogP contribution in [-0.2, 0) is 10.3 Å². The molecule has 2 aliphatic heterocycles. The molecule has 1 aliphatic carbocycles. The predicted octanol–water partition coefficient (Wildman–Crippen LogP) is 4.24. The van der Waals surface area contributed by atoms with Crippen LogP contribution >= 0.6 is 0 Å². The summed E-state index contributed by atoms with van der Waals surface area (Å²) < 4.78 is 5.91. The fraction of sp³-hybridized carbons (Fsp3) is 0.346. The number of nitrogens with zero attached hydrogens (tertiary/aromatic N) is 3. The average Bonchev–Trinajstić information content (AvgIpc) is 3.30. The number of aliphatic hydroxyl groups is 1. The molecule has 32 heavy (non-hydrogen) atoms. The first-order valence-corrected chi connectivity index (χ1v) is 11.3. The number of hydrogen-bond donors (Lipinski definition) is 1. The van der Waals surface area contributed by atoms with E-state index in [1.165, 1.54) is 28.6 Å². The Morgan fingerprint density at radius 3 is 2.12 bits per heavy atom. The van der Waals surface area contributed by atoms with E-state index in [4.69, 9.17) is 4.74 Å². The minimum atomic E-state index is -0.993. The lowest BCUT2D eigenvalue weighted by molar-refractivity contribution is -0.0535. The summed E-state index contributed by atoms with van der Waals surface area (Å²) in [6.45, 7) is 0.319. The lowest BCUT2D eigenvalue weighted by atomic mass is 9.82. The molecular formula is C26H25N3O3. The molecule has 0 radical (unpaired) electrons. The summed E-state index contributed by atoms with van der Waals surface area (Å²) in [6, 6.07) is 16.6. The molecule has 162 valence electrons. The van der Waals surface area contributed by atoms with Gasteiger partial charge >= 0.3 is 6.09 Å². The van der Waals surface area contributed by atoms with Gasteiger partial charge < -0.3 is 14.7 Å². The number of fused-ring (bicyclic) bond motifs is 5. The molecule has 1 aromatic heterocycles. The van der Waals surface area contributed by atoms with E-state index in [1.807, 2.05) is 29.2 Å². The van der Waals surface area contributed by atoms with E-state index < -0.39 is 5.60 Å². The molecule has 2 atom stereocenters. The van der Waals surface area contributed by atoms with Crippen LogP contribution in [0.4, 0.5) is 4.79 Å². The molecule has 2 bridgehead atoms. The van der Waals surface area contributed by atoms with E-state index in [9.17, 15) is 9.90 Å². The van der Waals surface area contributed by atoms with E-state index in [0.29, 0.717) is 19.4 Å². The van der Waals surface area contributed by atoms with Gasteiger partial charge in [-0.25, -0.2) is 14.8 Å². The number of ether oxygens (including phenoxy) is 1.